The van der Waals surface area contributed by atoms with Gasteiger partial charge in [-0.3, -0.25) is 0 Å². The number of rotatable bonds is 5. The Hall–Kier alpha value is -1.76. The monoisotopic (exact) mass is 385 g/mol. The summed E-state index contributed by atoms with van der Waals surface area (Å²) in [6, 6.07) is 13.3. The lowest BCUT2D eigenvalue weighted by Crippen LogP contribution is -3.12. The predicted octanol–water partition coefficient (Wildman–Crippen LogP) is 3.15. The van der Waals surface area contributed by atoms with Crippen LogP contribution in [0.15, 0.2) is 41.8 Å². The first kappa shape index (κ1) is 17.6. The minimum absolute atomic E-state index is 0.548. The van der Waals surface area contributed by atoms with Crippen LogP contribution in [0.2, 0.25) is 0 Å². The molecule has 1 aliphatic heterocycles. The number of hydrogen-bond acceptors (Lipinski definition) is 3. The van der Waals surface area contributed by atoms with Crippen molar-refractivity contribution in [3.05, 3.63) is 68.4 Å². The van der Waals surface area contributed by atoms with Crippen molar-refractivity contribution in [3.8, 4) is 0 Å². The molecule has 0 bridgehead atoms. The largest absolute Gasteiger partial charge is 0.310 e. The van der Waals surface area contributed by atoms with E-state index in [1.807, 2.05) is 29.1 Å². The van der Waals surface area contributed by atoms with E-state index in [4.69, 9.17) is 17.3 Å². The summed E-state index contributed by atoms with van der Waals surface area (Å²) in [4.78, 5) is 3.13. The third-order valence-electron chi connectivity index (χ3n) is 5.42. The van der Waals surface area contributed by atoms with Gasteiger partial charge in [-0.1, -0.05) is 37.3 Å². The average Bonchev–Trinajstić information content (AvgIpc) is 3.23. The van der Waals surface area contributed by atoms with Crippen molar-refractivity contribution in [3.63, 3.8) is 0 Å². The van der Waals surface area contributed by atoms with E-state index in [0.29, 0.717) is 6.04 Å². The van der Waals surface area contributed by atoms with Gasteiger partial charge in [0.2, 0.25) is 4.77 Å². The Balaban J connectivity index is 1.57. The van der Waals surface area contributed by atoms with E-state index in [2.05, 4.69) is 47.2 Å². The second-order valence-electron chi connectivity index (χ2n) is 7.00. The zero-order valence-corrected chi connectivity index (χ0v) is 16.9. The van der Waals surface area contributed by atoms with Crippen LogP contribution in [0.5, 0.6) is 0 Å². The maximum Gasteiger partial charge on any atom is 0.202 e. The molecule has 1 unspecified atom stereocenters. The summed E-state index contributed by atoms with van der Waals surface area (Å²) in [6.07, 6.45) is 3.13. The number of fused-ring (bicyclic) bond motifs is 1. The normalized spacial score (nSPS) is 19.5. The molecule has 2 atom stereocenters. The molecule has 3 aromatic rings. The number of nitrogens with one attached hydrogen (secondary N) is 1. The highest BCUT2D eigenvalue weighted by molar-refractivity contribution is 7.71. The molecular weight excluding hydrogens is 360 g/mol. The summed E-state index contributed by atoms with van der Waals surface area (Å²) in [7, 11) is 2.03. The molecule has 1 aliphatic rings. The first-order chi connectivity index (χ1) is 12.7. The van der Waals surface area contributed by atoms with Crippen molar-refractivity contribution >= 4 is 23.6 Å². The van der Waals surface area contributed by atoms with Crippen molar-refractivity contribution in [1.29, 1.82) is 0 Å². The summed E-state index contributed by atoms with van der Waals surface area (Å²) in [5.74, 6) is 1.03. The fourth-order valence-electron chi connectivity index (χ4n) is 3.99. The zero-order valence-electron chi connectivity index (χ0n) is 15.3. The van der Waals surface area contributed by atoms with Crippen LogP contribution in [-0.4, -0.2) is 20.9 Å². The van der Waals surface area contributed by atoms with Gasteiger partial charge in [0.1, 0.15) is 11.9 Å². The Morgan fingerprint density at radius 1 is 1.27 bits per heavy atom. The van der Waals surface area contributed by atoms with Crippen LogP contribution in [0, 0.1) is 4.77 Å². The van der Waals surface area contributed by atoms with Crippen LogP contribution < -0.4 is 4.90 Å². The molecule has 26 heavy (non-hydrogen) atoms. The third-order valence-corrected chi connectivity index (χ3v) is 6.90. The number of benzene rings is 1. The van der Waals surface area contributed by atoms with Gasteiger partial charge in [-0.2, -0.15) is 9.78 Å². The van der Waals surface area contributed by atoms with Gasteiger partial charge in [0.25, 0.3) is 0 Å². The molecule has 0 saturated heterocycles. The van der Waals surface area contributed by atoms with E-state index in [1.165, 1.54) is 11.1 Å². The maximum atomic E-state index is 5.69. The highest BCUT2D eigenvalue weighted by Gasteiger charge is 2.31. The van der Waals surface area contributed by atoms with Crippen molar-refractivity contribution in [2.75, 3.05) is 6.54 Å². The van der Waals surface area contributed by atoms with Crippen LogP contribution in [-0.2, 0) is 26.6 Å². The quantitative estimate of drug-likeness (QED) is 0.683. The molecule has 4 rings (SSSR count). The van der Waals surface area contributed by atoms with Crippen LogP contribution in [0.1, 0.15) is 41.2 Å². The molecule has 0 saturated carbocycles. The lowest BCUT2D eigenvalue weighted by Gasteiger charge is -2.31. The molecule has 0 radical (unpaired) electrons. The zero-order chi connectivity index (χ0) is 18.1. The second-order valence-corrected chi connectivity index (χ2v) is 8.36. The maximum absolute atomic E-state index is 5.69. The first-order valence-corrected chi connectivity index (χ1v) is 10.5. The summed E-state index contributed by atoms with van der Waals surface area (Å²) in [5.41, 5.74) is 2.80. The highest BCUT2D eigenvalue weighted by atomic mass is 32.1. The third kappa shape index (κ3) is 3.29. The lowest BCUT2D eigenvalue weighted by molar-refractivity contribution is -0.956. The van der Waals surface area contributed by atoms with Crippen molar-refractivity contribution < 1.29 is 4.90 Å². The van der Waals surface area contributed by atoms with Crippen molar-refractivity contribution in [1.82, 2.24) is 14.3 Å². The van der Waals surface area contributed by atoms with Gasteiger partial charge in [0.15, 0.2) is 6.67 Å². The molecule has 136 valence electrons. The molecule has 2 aromatic heterocycles. The Bertz CT molecular complexity index is 938. The van der Waals surface area contributed by atoms with Crippen molar-refractivity contribution in [2.24, 2.45) is 7.05 Å². The fraction of sp³-hybridized carbons (Fsp3) is 0.400. The Kier molecular flexibility index (Phi) is 5.07. The number of nitrogens with zero attached hydrogens (tertiary/aromatic N) is 3. The first-order valence-electron chi connectivity index (χ1n) is 9.24. The van der Waals surface area contributed by atoms with Crippen LogP contribution in [0.4, 0.5) is 0 Å². The smallest absolute Gasteiger partial charge is 0.202 e. The Labute approximate surface area is 163 Å². The van der Waals surface area contributed by atoms with Gasteiger partial charge < -0.3 is 9.47 Å². The van der Waals surface area contributed by atoms with E-state index < -0.39 is 0 Å². The molecule has 6 heteroatoms. The SMILES string of the molecule is CC[C@@H]1c2ccsc2CC[NH+]1Cn1nc(Cc2ccccc2)n(C)c1=S. The van der Waals surface area contributed by atoms with E-state index in [-0.39, 0.29) is 0 Å². The molecule has 3 heterocycles. The van der Waals surface area contributed by atoms with Crippen LogP contribution in [0.25, 0.3) is 0 Å². The molecule has 0 amide bonds. The summed E-state index contributed by atoms with van der Waals surface area (Å²) < 4.78 is 4.90. The summed E-state index contributed by atoms with van der Waals surface area (Å²) in [5, 5.41) is 7.11. The van der Waals surface area contributed by atoms with E-state index in [0.717, 1.165) is 43.1 Å². The fourth-order valence-corrected chi connectivity index (χ4v) is 5.15. The van der Waals surface area contributed by atoms with Gasteiger partial charge in [-0.15, -0.1) is 11.3 Å². The molecule has 0 fully saturated rings. The Morgan fingerprint density at radius 2 is 2.08 bits per heavy atom. The molecule has 0 spiro atoms. The minimum Gasteiger partial charge on any atom is -0.310 e. The van der Waals surface area contributed by atoms with Crippen LogP contribution in [0.3, 0.4) is 0 Å². The summed E-state index contributed by atoms with van der Waals surface area (Å²) in [6.45, 7) is 4.28. The second kappa shape index (κ2) is 7.47. The highest BCUT2D eigenvalue weighted by Crippen LogP contribution is 2.26. The van der Waals surface area contributed by atoms with Gasteiger partial charge in [-0.05, 0) is 29.2 Å². The lowest BCUT2D eigenvalue weighted by atomic mass is 9.98. The number of thiophene rings is 1. The van der Waals surface area contributed by atoms with Gasteiger partial charge in [-0.25, -0.2) is 0 Å². The van der Waals surface area contributed by atoms with Gasteiger partial charge in [0, 0.05) is 36.8 Å². The standard InChI is InChI=1S/C20H24N4S2/c1-3-17-16-10-12-26-18(16)9-11-23(17)14-24-20(25)22(2)19(21-24)13-15-7-5-4-6-8-15/h4-8,10,12,17H,3,9,11,13-14H2,1-2H3/p+1/t17-/m1/s1. The predicted molar refractivity (Wildman–Crippen MR) is 108 cm³/mol. The average molecular weight is 386 g/mol. The van der Waals surface area contributed by atoms with E-state index in [1.54, 1.807) is 9.78 Å². The molecule has 1 N–H and O–H groups in total. The Morgan fingerprint density at radius 3 is 2.85 bits per heavy atom. The van der Waals surface area contributed by atoms with E-state index in [9.17, 15) is 0 Å². The van der Waals surface area contributed by atoms with Crippen molar-refractivity contribution in [2.45, 2.75) is 38.9 Å². The number of hydrogen-bond donors (Lipinski definition) is 1. The van der Waals surface area contributed by atoms with Gasteiger partial charge in [0.05, 0.1) is 6.54 Å². The molecular formula is C20H25N4S2+. The van der Waals surface area contributed by atoms with Gasteiger partial charge >= 0.3 is 0 Å². The number of quaternary nitrogens is 1. The minimum atomic E-state index is 0.548. The number of aromatic nitrogens is 3. The molecule has 0 aliphatic carbocycles. The topological polar surface area (TPSA) is 27.2 Å². The molecule has 4 nitrogen and oxygen atoms in total. The molecule has 1 aromatic carbocycles. The van der Waals surface area contributed by atoms with Crippen LogP contribution >= 0.6 is 23.6 Å². The van der Waals surface area contributed by atoms with E-state index >= 15 is 0 Å². The summed E-state index contributed by atoms with van der Waals surface area (Å²) >= 11 is 7.59.